The minimum atomic E-state index is 0.196. The summed E-state index contributed by atoms with van der Waals surface area (Å²) in [6.07, 6.45) is 5.60. The van der Waals surface area contributed by atoms with Crippen LogP contribution in [0, 0.1) is 0 Å². The van der Waals surface area contributed by atoms with E-state index in [1.165, 1.54) is 4.88 Å². The molecular formula is C11H15N3S2. The van der Waals surface area contributed by atoms with Crippen molar-refractivity contribution in [1.29, 1.82) is 0 Å². The first kappa shape index (κ1) is 11.7. The Labute approximate surface area is 104 Å². The largest absolute Gasteiger partial charge is 0.348 e. The van der Waals surface area contributed by atoms with Gasteiger partial charge in [-0.3, -0.25) is 0 Å². The number of rotatable bonds is 3. The first-order chi connectivity index (χ1) is 7.55. The molecule has 2 aromatic heterocycles. The second-order valence-corrected chi connectivity index (χ2v) is 6.82. The van der Waals surface area contributed by atoms with Gasteiger partial charge in [0.25, 0.3) is 0 Å². The Bertz CT molecular complexity index is 440. The summed E-state index contributed by atoms with van der Waals surface area (Å²) in [7, 11) is 0. The summed E-state index contributed by atoms with van der Waals surface area (Å²) in [5.41, 5.74) is 0.196. The van der Waals surface area contributed by atoms with Crippen LogP contribution in [0.5, 0.6) is 0 Å². The van der Waals surface area contributed by atoms with Gasteiger partial charge in [0, 0.05) is 23.5 Å². The molecule has 0 saturated heterocycles. The Morgan fingerprint density at radius 1 is 1.38 bits per heavy atom. The molecule has 0 radical (unpaired) electrons. The molecule has 0 unspecified atom stereocenters. The molecular weight excluding hydrogens is 238 g/mol. The highest BCUT2D eigenvalue weighted by Gasteiger charge is 2.17. The topological polar surface area (TPSA) is 41.6 Å². The van der Waals surface area contributed by atoms with Gasteiger partial charge in [-0.1, -0.05) is 32.5 Å². The molecule has 3 nitrogen and oxygen atoms in total. The number of thiazole rings is 1. The number of H-pyrrole nitrogens is 1. The summed E-state index contributed by atoms with van der Waals surface area (Å²) < 4.78 is 1.11. The van der Waals surface area contributed by atoms with Crippen LogP contribution in [0.25, 0.3) is 0 Å². The van der Waals surface area contributed by atoms with Crippen molar-refractivity contribution in [3.63, 3.8) is 0 Å². The number of hydrogen-bond acceptors (Lipinski definition) is 4. The van der Waals surface area contributed by atoms with Crippen molar-refractivity contribution in [1.82, 2.24) is 15.0 Å². The van der Waals surface area contributed by atoms with Crippen LogP contribution < -0.4 is 0 Å². The molecule has 0 bridgehead atoms. The van der Waals surface area contributed by atoms with Crippen molar-refractivity contribution in [2.45, 2.75) is 36.3 Å². The summed E-state index contributed by atoms with van der Waals surface area (Å²) in [6.45, 7) is 6.63. The molecule has 1 N–H and O–H groups in total. The minimum Gasteiger partial charge on any atom is -0.348 e. The van der Waals surface area contributed by atoms with Crippen LogP contribution in [0.3, 0.4) is 0 Å². The van der Waals surface area contributed by atoms with E-state index in [0.717, 1.165) is 15.9 Å². The number of aromatic amines is 1. The molecule has 0 spiro atoms. The molecule has 0 aliphatic rings. The smallest absolute Gasteiger partial charge is 0.150 e. The second-order valence-electron chi connectivity index (χ2n) is 4.56. The van der Waals surface area contributed by atoms with Gasteiger partial charge in [-0.15, -0.1) is 11.3 Å². The summed E-state index contributed by atoms with van der Waals surface area (Å²) in [5.74, 6) is 1.85. The first-order valence-corrected chi connectivity index (χ1v) is 6.93. The van der Waals surface area contributed by atoms with E-state index in [0.29, 0.717) is 0 Å². The fraction of sp³-hybridized carbons (Fsp3) is 0.455. The van der Waals surface area contributed by atoms with Crippen LogP contribution in [-0.4, -0.2) is 15.0 Å². The highest BCUT2D eigenvalue weighted by atomic mass is 32.2. The van der Waals surface area contributed by atoms with E-state index in [1.807, 2.05) is 12.4 Å². The van der Waals surface area contributed by atoms with Gasteiger partial charge in [-0.2, -0.15) is 0 Å². The molecule has 0 aliphatic carbocycles. The van der Waals surface area contributed by atoms with Crippen LogP contribution in [0.15, 0.2) is 22.9 Å². The molecule has 86 valence electrons. The number of hydrogen-bond donors (Lipinski definition) is 1. The van der Waals surface area contributed by atoms with Gasteiger partial charge in [0.05, 0.1) is 5.75 Å². The predicted molar refractivity (Wildman–Crippen MR) is 69.0 cm³/mol. The molecule has 2 rings (SSSR count). The fourth-order valence-electron chi connectivity index (χ4n) is 1.18. The van der Waals surface area contributed by atoms with Gasteiger partial charge in [0.15, 0.2) is 0 Å². The number of imidazole rings is 1. The standard InChI is InChI=1S/C11H15N3S2/c1-11(2,3)8-6-14-10(16-8)15-7-9-12-4-5-13-9/h4-6H,7H2,1-3H3,(H,12,13). The van der Waals surface area contributed by atoms with Gasteiger partial charge in [0.2, 0.25) is 0 Å². The van der Waals surface area contributed by atoms with Gasteiger partial charge < -0.3 is 4.98 Å². The molecule has 0 saturated carbocycles. The first-order valence-electron chi connectivity index (χ1n) is 5.13. The Morgan fingerprint density at radius 3 is 2.75 bits per heavy atom. The molecule has 2 heterocycles. The van der Waals surface area contributed by atoms with Crippen LogP contribution in [0.2, 0.25) is 0 Å². The molecule has 0 atom stereocenters. The van der Waals surface area contributed by atoms with Crippen LogP contribution in [0.4, 0.5) is 0 Å². The predicted octanol–water partition coefficient (Wildman–Crippen LogP) is 3.46. The van der Waals surface area contributed by atoms with Crippen molar-refractivity contribution in [2.24, 2.45) is 0 Å². The van der Waals surface area contributed by atoms with Crippen molar-refractivity contribution >= 4 is 23.1 Å². The number of thioether (sulfide) groups is 1. The molecule has 16 heavy (non-hydrogen) atoms. The average Bonchev–Trinajstić information content (AvgIpc) is 2.85. The summed E-state index contributed by atoms with van der Waals surface area (Å²) in [4.78, 5) is 13.0. The number of nitrogens with zero attached hydrogens (tertiary/aromatic N) is 2. The number of aromatic nitrogens is 3. The van der Waals surface area contributed by atoms with E-state index in [2.05, 4.69) is 35.7 Å². The van der Waals surface area contributed by atoms with E-state index in [9.17, 15) is 0 Å². The van der Waals surface area contributed by atoms with Gasteiger partial charge in [-0.25, -0.2) is 9.97 Å². The van der Waals surface area contributed by atoms with Crippen LogP contribution in [-0.2, 0) is 11.2 Å². The second kappa shape index (κ2) is 4.59. The maximum atomic E-state index is 4.42. The maximum absolute atomic E-state index is 4.42. The average molecular weight is 253 g/mol. The van der Waals surface area contributed by atoms with Crippen molar-refractivity contribution < 1.29 is 0 Å². The Hall–Kier alpha value is -0.810. The van der Waals surface area contributed by atoms with Crippen molar-refractivity contribution in [2.75, 3.05) is 0 Å². The zero-order valence-electron chi connectivity index (χ0n) is 9.65. The van der Waals surface area contributed by atoms with Crippen molar-refractivity contribution in [3.05, 3.63) is 29.3 Å². The van der Waals surface area contributed by atoms with Crippen molar-refractivity contribution in [3.8, 4) is 0 Å². The number of nitrogens with one attached hydrogen (secondary N) is 1. The molecule has 0 fully saturated rings. The van der Waals surface area contributed by atoms with E-state index >= 15 is 0 Å². The Kier molecular flexibility index (Phi) is 3.35. The molecule has 5 heteroatoms. The summed E-state index contributed by atoms with van der Waals surface area (Å²) >= 11 is 3.50. The molecule has 0 aromatic carbocycles. The highest BCUT2D eigenvalue weighted by molar-refractivity contribution is 8.00. The summed E-state index contributed by atoms with van der Waals surface area (Å²) in [6, 6.07) is 0. The Morgan fingerprint density at radius 2 is 2.19 bits per heavy atom. The fourth-order valence-corrected chi connectivity index (χ4v) is 3.11. The third kappa shape index (κ3) is 2.86. The lowest BCUT2D eigenvalue weighted by atomic mass is 9.96. The zero-order valence-corrected chi connectivity index (χ0v) is 11.3. The van der Waals surface area contributed by atoms with Crippen LogP contribution in [0.1, 0.15) is 31.5 Å². The third-order valence-electron chi connectivity index (χ3n) is 2.11. The summed E-state index contributed by atoms with van der Waals surface area (Å²) in [5, 5.41) is 0. The highest BCUT2D eigenvalue weighted by Crippen LogP contribution is 2.33. The lowest BCUT2D eigenvalue weighted by Gasteiger charge is -2.14. The normalized spacial score (nSPS) is 11.9. The SMILES string of the molecule is CC(C)(C)c1cnc(SCc2ncc[nH]2)s1. The van der Waals surface area contributed by atoms with Crippen LogP contribution >= 0.6 is 23.1 Å². The Balaban J connectivity index is 1.98. The monoisotopic (exact) mass is 253 g/mol. The maximum Gasteiger partial charge on any atom is 0.150 e. The molecule has 2 aromatic rings. The quantitative estimate of drug-likeness (QED) is 0.852. The lowest BCUT2D eigenvalue weighted by Crippen LogP contribution is -2.07. The molecule has 0 aliphatic heterocycles. The zero-order chi connectivity index (χ0) is 11.6. The van der Waals surface area contributed by atoms with Gasteiger partial charge in [0.1, 0.15) is 10.2 Å². The van der Waals surface area contributed by atoms with E-state index in [4.69, 9.17) is 0 Å². The third-order valence-corrected chi connectivity index (χ3v) is 4.70. The van der Waals surface area contributed by atoms with E-state index < -0.39 is 0 Å². The lowest BCUT2D eigenvalue weighted by molar-refractivity contribution is 0.602. The van der Waals surface area contributed by atoms with E-state index in [1.54, 1.807) is 29.3 Å². The van der Waals surface area contributed by atoms with Gasteiger partial charge >= 0.3 is 0 Å². The van der Waals surface area contributed by atoms with Gasteiger partial charge in [-0.05, 0) is 5.41 Å². The molecule has 0 amide bonds. The van der Waals surface area contributed by atoms with E-state index in [-0.39, 0.29) is 5.41 Å². The minimum absolute atomic E-state index is 0.196.